The first-order chi connectivity index (χ1) is 9.85. The molecule has 0 N–H and O–H groups in total. The fraction of sp³-hybridized carbons (Fsp3) is 0.0769. The number of halogens is 3. The Labute approximate surface area is 121 Å². The smallest absolute Gasteiger partial charge is 0.446 e. The number of hydrogen-bond donors (Lipinski definition) is 0. The van der Waals surface area contributed by atoms with E-state index in [1.165, 1.54) is 0 Å². The Balaban J connectivity index is 2.31. The molecule has 0 atom stereocenters. The van der Waals surface area contributed by atoms with E-state index in [-0.39, 0.29) is 10.6 Å². The highest BCUT2D eigenvalue weighted by Crippen LogP contribution is 2.41. The Morgan fingerprint density at radius 3 is 2.33 bits per heavy atom. The lowest BCUT2D eigenvalue weighted by Crippen LogP contribution is -2.00. The summed E-state index contributed by atoms with van der Waals surface area (Å²) in [6.07, 6.45) is 0. The Morgan fingerprint density at radius 1 is 1.10 bits per heavy atom. The molecule has 110 valence electrons. The second-order valence-corrected chi connectivity index (χ2v) is 4.99. The second-order valence-electron chi connectivity index (χ2n) is 3.85. The second kappa shape index (κ2) is 6.04. The molecule has 8 heteroatoms. The van der Waals surface area contributed by atoms with Gasteiger partial charge in [0.25, 0.3) is 0 Å². The number of para-hydroxylation sites is 1. The standard InChI is InChI=1S/C13H8F3NO3S/c14-13(15,16)21-10-6-7-12(11(8-10)17(18)19)20-9-4-2-1-3-5-9/h1-8H. The van der Waals surface area contributed by atoms with Crippen molar-refractivity contribution in [3.63, 3.8) is 0 Å². The Bertz CT molecular complexity index is 647. The van der Waals surface area contributed by atoms with Gasteiger partial charge in [0, 0.05) is 11.0 Å². The first-order valence-corrected chi connectivity index (χ1v) is 6.44. The fourth-order valence-corrected chi connectivity index (χ4v) is 2.11. The van der Waals surface area contributed by atoms with E-state index in [0.717, 1.165) is 18.2 Å². The Morgan fingerprint density at radius 2 is 1.76 bits per heavy atom. The van der Waals surface area contributed by atoms with Crippen molar-refractivity contribution < 1.29 is 22.8 Å². The molecule has 4 nitrogen and oxygen atoms in total. The van der Waals surface area contributed by atoms with Gasteiger partial charge in [-0.05, 0) is 36.0 Å². The minimum atomic E-state index is -4.50. The summed E-state index contributed by atoms with van der Waals surface area (Å²) < 4.78 is 42.2. The van der Waals surface area contributed by atoms with Gasteiger partial charge in [-0.2, -0.15) is 13.2 Å². The van der Waals surface area contributed by atoms with Crippen LogP contribution in [-0.2, 0) is 0 Å². The van der Waals surface area contributed by atoms with Gasteiger partial charge in [0.1, 0.15) is 5.75 Å². The Hall–Kier alpha value is -2.22. The number of nitro benzene ring substituents is 1. The van der Waals surface area contributed by atoms with E-state index < -0.39 is 27.9 Å². The van der Waals surface area contributed by atoms with Gasteiger partial charge >= 0.3 is 11.2 Å². The SMILES string of the molecule is O=[N+]([O-])c1cc(SC(F)(F)F)ccc1Oc1ccccc1. The topological polar surface area (TPSA) is 52.4 Å². The molecule has 0 heterocycles. The predicted molar refractivity (Wildman–Crippen MR) is 71.5 cm³/mol. The molecule has 0 aromatic heterocycles. The molecular formula is C13H8F3NO3S. The minimum absolute atomic E-state index is 0.113. The van der Waals surface area contributed by atoms with Gasteiger partial charge in [-0.3, -0.25) is 10.1 Å². The summed E-state index contributed by atoms with van der Waals surface area (Å²) in [6.45, 7) is 0. The van der Waals surface area contributed by atoms with E-state index in [1.54, 1.807) is 30.3 Å². The normalized spacial score (nSPS) is 11.2. The molecule has 0 aliphatic heterocycles. The van der Waals surface area contributed by atoms with Crippen LogP contribution in [0.25, 0.3) is 0 Å². The van der Waals surface area contributed by atoms with Gasteiger partial charge in [-0.1, -0.05) is 18.2 Å². The number of alkyl halides is 3. The number of ether oxygens (including phenoxy) is 1. The third-order valence-corrected chi connectivity index (χ3v) is 3.05. The lowest BCUT2D eigenvalue weighted by Gasteiger charge is -2.09. The fourth-order valence-electron chi connectivity index (χ4n) is 1.54. The summed E-state index contributed by atoms with van der Waals surface area (Å²) in [5, 5.41) is 11.0. The van der Waals surface area contributed by atoms with Crippen LogP contribution in [0.1, 0.15) is 0 Å². The van der Waals surface area contributed by atoms with E-state index in [1.807, 2.05) is 0 Å². The Kier molecular flexibility index (Phi) is 4.37. The zero-order valence-electron chi connectivity index (χ0n) is 10.3. The van der Waals surface area contributed by atoms with Crippen molar-refractivity contribution in [2.45, 2.75) is 10.4 Å². The summed E-state index contributed by atoms with van der Waals surface area (Å²) in [5.41, 5.74) is -5.02. The maximum Gasteiger partial charge on any atom is 0.446 e. The van der Waals surface area contributed by atoms with Crippen LogP contribution >= 0.6 is 11.8 Å². The molecular weight excluding hydrogens is 307 g/mol. The van der Waals surface area contributed by atoms with E-state index in [2.05, 4.69) is 0 Å². The quantitative estimate of drug-likeness (QED) is 0.452. The molecule has 0 aliphatic carbocycles. The van der Waals surface area contributed by atoms with Crippen LogP contribution in [0.3, 0.4) is 0 Å². The molecule has 0 saturated carbocycles. The number of nitrogens with zero attached hydrogens (tertiary/aromatic N) is 1. The van der Waals surface area contributed by atoms with Crippen LogP contribution in [0.15, 0.2) is 53.4 Å². The van der Waals surface area contributed by atoms with Crippen molar-refractivity contribution in [2.24, 2.45) is 0 Å². The molecule has 0 amide bonds. The zero-order valence-corrected chi connectivity index (χ0v) is 11.1. The predicted octanol–water partition coefficient (Wildman–Crippen LogP) is 5.00. The van der Waals surface area contributed by atoms with Crippen LogP contribution in [0, 0.1) is 10.1 Å². The van der Waals surface area contributed by atoms with Gasteiger partial charge in [0.15, 0.2) is 0 Å². The van der Waals surface area contributed by atoms with Crippen LogP contribution in [0.5, 0.6) is 11.5 Å². The first kappa shape index (κ1) is 15.2. The van der Waals surface area contributed by atoms with Crippen molar-refractivity contribution in [2.75, 3.05) is 0 Å². The molecule has 2 aromatic carbocycles. The van der Waals surface area contributed by atoms with E-state index >= 15 is 0 Å². The maximum atomic E-state index is 12.3. The van der Waals surface area contributed by atoms with Gasteiger partial charge in [0.2, 0.25) is 5.75 Å². The lowest BCUT2D eigenvalue weighted by atomic mass is 10.3. The molecule has 0 spiro atoms. The lowest BCUT2D eigenvalue weighted by molar-refractivity contribution is -0.385. The monoisotopic (exact) mass is 315 g/mol. The van der Waals surface area contributed by atoms with E-state index in [9.17, 15) is 23.3 Å². The highest BCUT2D eigenvalue weighted by atomic mass is 32.2. The third kappa shape index (κ3) is 4.38. The molecule has 0 aliphatic rings. The highest BCUT2D eigenvalue weighted by Gasteiger charge is 2.30. The number of hydrogen-bond acceptors (Lipinski definition) is 4. The summed E-state index contributed by atoms with van der Waals surface area (Å²) in [4.78, 5) is 9.92. The molecule has 2 rings (SSSR count). The summed E-state index contributed by atoms with van der Waals surface area (Å²) >= 11 is -0.413. The first-order valence-electron chi connectivity index (χ1n) is 5.62. The molecule has 0 fully saturated rings. The molecule has 0 unspecified atom stereocenters. The van der Waals surface area contributed by atoms with Crippen molar-refractivity contribution in [3.8, 4) is 11.5 Å². The molecule has 0 radical (unpaired) electrons. The van der Waals surface area contributed by atoms with Crippen LogP contribution in [0.4, 0.5) is 18.9 Å². The number of thioether (sulfide) groups is 1. The molecule has 0 bridgehead atoms. The van der Waals surface area contributed by atoms with Crippen molar-refractivity contribution in [1.29, 1.82) is 0 Å². The van der Waals surface area contributed by atoms with Gasteiger partial charge < -0.3 is 4.74 Å². The van der Waals surface area contributed by atoms with Crippen molar-refractivity contribution in [1.82, 2.24) is 0 Å². The third-order valence-electron chi connectivity index (χ3n) is 2.33. The summed E-state index contributed by atoms with van der Waals surface area (Å²) in [5.74, 6) is 0.245. The minimum Gasteiger partial charge on any atom is -0.450 e. The number of nitro groups is 1. The van der Waals surface area contributed by atoms with Crippen LogP contribution < -0.4 is 4.74 Å². The van der Waals surface area contributed by atoms with E-state index in [4.69, 9.17) is 4.74 Å². The number of rotatable bonds is 4. The highest BCUT2D eigenvalue weighted by molar-refractivity contribution is 8.00. The van der Waals surface area contributed by atoms with Gasteiger partial charge in [0.05, 0.1) is 4.92 Å². The molecule has 21 heavy (non-hydrogen) atoms. The van der Waals surface area contributed by atoms with Crippen LogP contribution in [0.2, 0.25) is 0 Å². The average molecular weight is 315 g/mol. The zero-order chi connectivity index (χ0) is 15.5. The van der Waals surface area contributed by atoms with Gasteiger partial charge in [-0.15, -0.1) is 0 Å². The average Bonchev–Trinajstić information content (AvgIpc) is 2.40. The van der Waals surface area contributed by atoms with Crippen molar-refractivity contribution in [3.05, 3.63) is 58.6 Å². The number of benzene rings is 2. The maximum absolute atomic E-state index is 12.3. The molecule has 0 saturated heterocycles. The summed E-state index contributed by atoms with van der Waals surface area (Å²) in [6, 6.07) is 11.4. The van der Waals surface area contributed by atoms with Crippen molar-refractivity contribution >= 4 is 17.4 Å². The van der Waals surface area contributed by atoms with E-state index in [0.29, 0.717) is 5.75 Å². The molecule has 2 aromatic rings. The summed E-state index contributed by atoms with van der Waals surface area (Å²) in [7, 11) is 0. The van der Waals surface area contributed by atoms with Gasteiger partial charge in [-0.25, -0.2) is 0 Å². The van der Waals surface area contributed by atoms with Crippen LogP contribution in [-0.4, -0.2) is 10.4 Å². The largest absolute Gasteiger partial charge is 0.450 e.